The van der Waals surface area contributed by atoms with Gasteiger partial charge in [0.25, 0.3) is 0 Å². The molecule has 2 rings (SSSR count). The summed E-state index contributed by atoms with van der Waals surface area (Å²) in [4.78, 5) is 14.9. The van der Waals surface area contributed by atoms with Crippen molar-refractivity contribution in [1.82, 2.24) is 4.90 Å². The number of thioether (sulfide) groups is 1. The standard InChI is InChI=1S/C14H19NO2S/c1-14(13(16)17,15-9-3-4-10-15)11-5-7-12(18-2)8-6-11/h5-8H,3-4,9-10H2,1-2H3,(H,16,17). The summed E-state index contributed by atoms with van der Waals surface area (Å²) in [7, 11) is 0. The molecule has 0 amide bonds. The Morgan fingerprint density at radius 1 is 1.28 bits per heavy atom. The van der Waals surface area contributed by atoms with Gasteiger partial charge in [0, 0.05) is 4.90 Å². The van der Waals surface area contributed by atoms with Crippen LogP contribution in [0, 0.1) is 0 Å². The molecule has 0 radical (unpaired) electrons. The number of carbonyl (C=O) groups is 1. The molecule has 0 aromatic heterocycles. The highest BCUT2D eigenvalue weighted by Crippen LogP contribution is 2.32. The van der Waals surface area contributed by atoms with Gasteiger partial charge in [-0.15, -0.1) is 11.8 Å². The van der Waals surface area contributed by atoms with Crippen molar-refractivity contribution in [3.8, 4) is 0 Å². The third-order valence-corrected chi connectivity index (χ3v) is 4.55. The van der Waals surface area contributed by atoms with Gasteiger partial charge in [0.1, 0.15) is 5.54 Å². The van der Waals surface area contributed by atoms with Crippen LogP contribution in [-0.4, -0.2) is 35.3 Å². The van der Waals surface area contributed by atoms with Gasteiger partial charge in [0.05, 0.1) is 0 Å². The number of carboxylic acids is 1. The molecule has 1 heterocycles. The Bertz CT molecular complexity index is 426. The number of nitrogens with zero attached hydrogens (tertiary/aromatic N) is 1. The van der Waals surface area contributed by atoms with E-state index in [1.807, 2.05) is 37.4 Å². The maximum Gasteiger partial charge on any atom is 0.328 e. The van der Waals surface area contributed by atoms with Crippen molar-refractivity contribution >= 4 is 17.7 Å². The van der Waals surface area contributed by atoms with E-state index >= 15 is 0 Å². The van der Waals surface area contributed by atoms with E-state index in [4.69, 9.17) is 0 Å². The second-order valence-electron chi connectivity index (χ2n) is 4.80. The van der Waals surface area contributed by atoms with Gasteiger partial charge in [0.15, 0.2) is 0 Å². The first-order valence-corrected chi connectivity index (χ1v) is 7.44. The van der Waals surface area contributed by atoms with Crippen LogP contribution in [0.2, 0.25) is 0 Å². The van der Waals surface area contributed by atoms with Crippen LogP contribution in [-0.2, 0) is 10.3 Å². The smallest absolute Gasteiger partial charge is 0.328 e. The topological polar surface area (TPSA) is 40.5 Å². The van der Waals surface area contributed by atoms with Crippen molar-refractivity contribution in [2.45, 2.75) is 30.2 Å². The van der Waals surface area contributed by atoms with E-state index in [2.05, 4.69) is 4.90 Å². The minimum Gasteiger partial charge on any atom is -0.480 e. The lowest BCUT2D eigenvalue weighted by molar-refractivity contribution is -0.150. The van der Waals surface area contributed by atoms with Gasteiger partial charge in [-0.3, -0.25) is 4.90 Å². The molecule has 1 aromatic carbocycles. The Morgan fingerprint density at radius 3 is 2.28 bits per heavy atom. The maximum absolute atomic E-state index is 11.7. The first-order chi connectivity index (χ1) is 8.59. The molecule has 1 atom stereocenters. The summed E-state index contributed by atoms with van der Waals surface area (Å²) in [6, 6.07) is 7.88. The summed E-state index contributed by atoms with van der Waals surface area (Å²) in [5.41, 5.74) is -0.0253. The lowest BCUT2D eigenvalue weighted by atomic mass is 9.90. The Balaban J connectivity index is 2.36. The molecule has 1 aliphatic heterocycles. The SMILES string of the molecule is CSc1ccc(C(C)(C(=O)O)N2CCCC2)cc1. The number of carboxylic acid groups (broad SMARTS) is 1. The van der Waals surface area contributed by atoms with E-state index in [1.54, 1.807) is 11.8 Å². The zero-order valence-electron chi connectivity index (χ0n) is 10.8. The highest BCUT2D eigenvalue weighted by atomic mass is 32.2. The van der Waals surface area contributed by atoms with Crippen LogP contribution >= 0.6 is 11.8 Å². The predicted octanol–water partition coefficient (Wildman–Crippen LogP) is 2.80. The monoisotopic (exact) mass is 265 g/mol. The Morgan fingerprint density at radius 2 is 1.83 bits per heavy atom. The third-order valence-electron chi connectivity index (χ3n) is 3.81. The van der Waals surface area contributed by atoms with Crippen molar-refractivity contribution in [2.24, 2.45) is 0 Å². The number of benzene rings is 1. The van der Waals surface area contributed by atoms with E-state index in [0.29, 0.717) is 0 Å². The average Bonchev–Trinajstić information content (AvgIpc) is 2.92. The minimum atomic E-state index is -0.895. The minimum absolute atomic E-state index is 0.763. The number of likely N-dealkylation sites (tertiary alicyclic amines) is 1. The van der Waals surface area contributed by atoms with Crippen LogP contribution in [0.4, 0.5) is 0 Å². The van der Waals surface area contributed by atoms with Crippen LogP contribution in [0.3, 0.4) is 0 Å². The van der Waals surface area contributed by atoms with Crippen molar-refractivity contribution < 1.29 is 9.90 Å². The molecule has 1 aliphatic rings. The molecule has 0 bridgehead atoms. The third kappa shape index (κ3) is 2.27. The normalized spacial score (nSPS) is 19.7. The van der Waals surface area contributed by atoms with Crippen LogP contribution in [0.1, 0.15) is 25.3 Å². The van der Waals surface area contributed by atoms with Crippen LogP contribution in [0.5, 0.6) is 0 Å². The first kappa shape index (κ1) is 13.4. The van der Waals surface area contributed by atoms with Gasteiger partial charge in [-0.05, 0) is 56.8 Å². The molecule has 0 saturated carbocycles. The number of hydrogen-bond donors (Lipinski definition) is 1. The van der Waals surface area contributed by atoms with E-state index in [-0.39, 0.29) is 0 Å². The van der Waals surface area contributed by atoms with Gasteiger partial charge < -0.3 is 5.11 Å². The second kappa shape index (κ2) is 5.33. The van der Waals surface area contributed by atoms with Crippen molar-refractivity contribution in [1.29, 1.82) is 0 Å². The Kier molecular flexibility index (Phi) is 3.97. The molecule has 1 aromatic rings. The van der Waals surface area contributed by atoms with E-state index < -0.39 is 11.5 Å². The zero-order chi connectivity index (χ0) is 13.2. The summed E-state index contributed by atoms with van der Waals surface area (Å²) in [6.45, 7) is 3.55. The van der Waals surface area contributed by atoms with Gasteiger partial charge in [-0.1, -0.05) is 12.1 Å². The summed E-state index contributed by atoms with van der Waals surface area (Å²) >= 11 is 1.67. The molecule has 0 spiro atoms. The average molecular weight is 265 g/mol. The molecule has 18 heavy (non-hydrogen) atoms. The molecule has 4 heteroatoms. The number of rotatable bonds is 4. The summed E-state index contributed by atoms with van der Waals surface area (Å²) in [6.07, 6.45) is 4.20. The molecule has 98 valence electrons. The number of hydrogen-bond acceptors (Lipinski definition) is 3. The molecule has 1 N–H and O–H groups in total. The summed E-state index contributed by atoms with van der Waals surface area (Å²) in [5, 5.41) is 9.63. The van der Waals surface area contributed by atoms with E-state index in [0.717, 1.165) is 36.4 Å². The molecular weight excluding hydrogens is 246 g/mol. The zero-order valence-corrected chi connectivity index (χ0v) is 11.7. The van der Waals surface area contributed by atoms with Crippen molar-refractivity contribution in [3.05, 3.63) is 29.8 Å². The molecular formula is C14H19NO2S. The highest BCUT2D eigenvalue weighted by molar-refractivity contribution is 7.98. The van der Waals surface area contributed by atoms with Gasteiger partial charge in [-0.2, -0.15) is 0 Å². The Labute approximate surface area is 112 Å². The van der Waals surface area contributed by atoms with Gasteiger partial charge in [-0.25, -0.2) is 4.79 Å². The maximum atomic E-state index is 11.7. The van der Waals surface area contributed by atoms with E-state index in [1.165, 1.54) is 0 Å². The van der Waals surface area contributed by atoms with Crippen LogP contribution in [0.25, 0.3) is 0 Å². The van der Waals surface area contributed by atoms with Crippen molar-refractivity contribution in [2.75, 3.05) is 19.3 Å². The van der Waals surface area contributed by atoms with Crippen molar-refractivity contribution in [3.63, 3.8) is 0 Å². The highest BCUT2D eigenvalue weighted by Gasteiger charge is 2.42. The molecule has 0 aliphatic carbocycles. The number of aliphatic carboxylic acids is 1. The fourth-order valence-corrected chi connectivity index (χ4v) is 2.93. The lowest BCUT2D eigenvalue weighted by Gasteiger charge is -2.35. The fraction of sp³-hybridized carbons (Fsp3) is 0.500. The second-order valence-corrected chi connectivity index (χ2v) is 5.68. The predicted molar refractivity (Wildman–Crippen MR) is 74.0 cm³/mol. The van der Waals surface area contributed by atoms with Crippen LogP contribution in [0.15, 0.2) is 29.2 Å². The molecule has 3 nitrogen and oxygen atoms in total. The first-order valence-electron chi connectivity index (χ1n) is 6.22. The molecule has 1 fully saturated rings. The molecule has 1 saturated heterocycles. The Hall–Kier alpha value is -1.00. The lowest BCUT2D eigenvalue weighted by Crippen LogP contribution is -2.48. The summed E-state index contributed by atoms with van der Waals surface area (Å²) in [5.74, 6) is -0.763. The van der Waals surface area contributed by atoms with Gasteiger partial charge >= 0.3 is 5.97 Å². The largest absolute Gasteiger partial charge is 0.480 e. The molecule has 1 unspecified atom stereocenters. The van der Waals surface area contributed by atoms with Crippen LogP contribution < -0.4 is 0 Å². The summed E-state index contributed by atoms with van der Waals surface area (Å²) < 4.78 is 0. The van der Waals surface area contributed by atoms with Gasteiger partial charge in [0.2, 0.25) is 0 Å². The quantitative estimate of drug-likeness (QED) is 0.850. The fourth-order valence-electron chi connectivity index (χ4n) is 2.52. The van der Waals surface area contributed by atoms with E-state index in [9.17, 15) is 9.90 Å².